The van der Waals surface area contributed by atoms with Gasteiger partial charge in [0, 0.05) is 5.92 Å². The van der Waals surface area contributed by atoms with Gasteiger partial charge in [0.2, 0.25) is 5.89 Å². The summed E-state index contributed by atoms with van der Waals surface area (Å²) in [7, 11) is 0. The molecule has 0 aromatic carbocycles. The van der Waals surface area contributed by atoms with Gasteiger partial charge in [0.25, 0.3) is 0 Å². The standard InChI is InChI=1S/C11H19N3O2/c1-3-14-6-4-9(5-7-14)11-12-10(8(2)15)13-16-11/h8-9,15H,3-7H2,1-2H3. The van der Waals surface area contributed by atoms with Crippen LogP contribution in [0.1, 0.15) is 50.4 Å². The fourth-order valence-electron chi connectivity index (χ4n) is 2.08. The van der Waals surface area contributed by atoms with E-state index in [-0.39, 0.29) is 0 Å². The van der Waals surface area contributed by atoms with Gasteiger partial charge in [-0.1, -0.05) is 12.1 Å². The monoisotopic (exact) mass is 225 g/mol. The Morgan fingerprint density at radius 1 is 1.50 bits per heavy atom. The molecule has 0 aliphatic carbocycles. The molecule has 1 unspecified atom stereocenters. The quantitative estimate of drug-likeness (QED) is 0.840. The van der Waals surface area contributed by atoms with Gasteiger partial charge in [0.15, 0.2) is 5.82 Å². The second-order valence-electron chi connectivity index (χ2n) is 4.38. The summed E-state index contributed by atoms with van der Waals surface area (Å²) in [6.07, 6.45) is 1.48. The molecule has 0 bridgehead atoms. The molecule has 1 saturated heterocycles. The number of likely N-dealkylation sites (tertiary alicyclic amines) is 1. The number of aliphatic hydroxyl groups is 1. The summed E-state index contributed by atoms with van der Waals surface area (Å²) in [5.41, 5.74) is 0. The summed E-state index contributed by atoms with van der Waals surface area (Å²) in [6, 6.07) is 0. The Morgan fingerprint density at radius 2 is 2.19 bits per heavy atom. The Balaban J connectivity index is 1.97. The van der Waals surface area contributed by atoms with Gasteiger partial charge in [0.1, 0.15) is 6.10 Å². The van der Waals surface area contributed by atoms with Crippen LogP contribution in [0.3, 0.4) is 0 Å². The molecule has 2 heterocycles. The first kappa shape index (κ1) is 11.5. The van der Waals surface area contributed by atoms with Crippen molar-refractivity contribution in [3.05, 3.63) is 11.7 Å². The number of aliphatic hydroxyl groups excluding tert-OH is 1. The van der Waals surface area contributed by atoms with Gasteiger partial charge in [-0.05, 0) is 39.4 Å². The lowest BCUT2D eigenvalue weighted by molar-refractivity contribution is 0.183. The molecule has 0 saturated carbocycles. The molecule has 1 aromatic heterocycles. The second-order valence-corrected chi connectivity index (χ2v) is 4.38. The first-order valence-electron chi connectivity index (χ1n) is 5.94. The average molecular weight is 225 g/mol. The Bertz CT molecular complexity index is 330. The molecule has 0 spiro atoms. The number of nitrogens with zero attached hydrogens (tertiary/aromatic N) is 3. The summed E-state index contributed by atoms with van der Waals surface area (Å²) >= 11 is 0. The van der Waals surface area contributed by atoms with Gasteiger partial charge in [-0.2, -0.15) is 4.98 Å². The molecule has 0 radical (unpaired) electrons. The van der Waals surface area contributed by atoms with Crippen molar-refractivity contribution in [3.63, 3.8) is 0 Å². The van der Waals surface area contributed by atoms with Gasteiger partial charge in [-0.25, -0.2) is 0 Å². The lowest BCUT2D eigenvalue weighted by Gasteiger charge is -2.28. The van der Waals surface area contributed by atoms with Crippen LogP contribution in [0.2, 0.25) is 0 Å². The lowest BCUT2D eigenvalue weighted by Crippen LogP contribution is -2.32. The van der Waals surface area contributed by atoms with E-state index >= 15 is 0 Å². The van der Waals surface area contributed by atoms with Crippen LogP contribution in [0.4, 0.5) is 0 Å². The first-order valence-corrected chi connectivity index (χ1v) is 5.94. The zero-order valence-corrected chi connectivity index (χ0v) is 9.89. The molecule has 1 aromatic rings. The van der Waals surface area contributed by atoms with E-state index in [1.807, 2.05) is 0 Å². The molecule has 1 aliphatic heterocycles. The van der Waals surface area contributed by atoms with E-state index in [2.05, 4.69) is 22.0 Å². The average Bonchev–Trinajstić information content (AvgIpc) is 2.78. The van der Waals surface area contributed by atoms with E-state index in [4.69, 9.17) is 4.52 Å². The fraction of sp³-hybridized carbons (Fsp3) is 0.818. The molecular weight excluding hydrogens is 206 g/mol. The van der Waals surface area contributed by atoms with Crippen molar-refractivity contribution < 1.29 is 9.63 Å². The van der Waals surface area contributed by atoms with Gasteiger partial charge in [0.05, 0.1) is 0 Å². The van der Waals surface area contributed by atoms with Crippen molar-refractivity contribution in [2.45, 2.75) is 38.7 Å². The molecule has 0 amide bonds. The Labute approximate surface area is 95.4 Å². The maximum atomic E-state index is 9.32. The summed E-state index contributed by atoms with van der Waals surface area (Å²) in [6.45, 7) is 7.11. The third-order valence-corrected chi connectivity index (χ3v) is 3.22. The van der Waals surface area contributed by atoms with E-state index < -0.39 is 6.10 Å². The maximum Gasteiger partial charge on any atom is 0.229 e. The number of hydrogen-bond acceptors (Lipinski definition) is 5. The molecule has 2 rings (SSSR count). The minimum Gasteiger partial charge on any atom is -0.385 e. The molecular formula is C11H19N3O2. The van der Waals surface area contributed by atoms with Crippen molar-refractivity contribution >= 4 is 0 Å². The van der Waals surface area contributed by atoms with Crippen molar-refractivity contribution in [1.82, 2.24) is 15.0 Å². The van der Waals surface area contributed by atoms with E-state index in [1.54, 1.807) is 6.92 Å². The van der Waals surface area contributed by atoms with Crippen LogP contribution in [0.25, 0.3) is 0 Å². The van der Waals surface area contributed by atoms with E-state index in [0.29, 0.717) is 17.6 Å². The van der Waals surface area contributed by atoms with Crippen LogP contribution in [-0.4, -0.2) is 39.8 Å². The zero-order chi connectivity index (χ0) is 11.5. The molecule has 1 atom stereocenters. The molecule has 16 heavy (non-hydrogen) atoms. The van der Waals surface area contributed by atoms with Crippen molar-refractivity contribution in [1.29, 1.82) is 0 Å². The number of hydrogen-bond donors (Lipinski definition) is 1. The lowest BCUT2D eigenvalue weighted by atomic mass is 9.97. The third kappa shape index (κ3) is 2.41. The van der Waals surface area contributed by atoms with Crippen molar-refractivity contribution in [2.24, 2.45) is 0 Å². The van der Waals surface area contributed by atoms with Crippen LogP contribution in [0.15, 0.2) is 4.52 Å². The van der Waals surface area contributed by atoms with Crippen LogP contribution < -0.4 is 0 Å². The van der Waals surface area contributed by atoms with Gasteiger partial charge < -0.3 is 14.5 Å². The minimum absolute atomic E-state index is 0.364. The highest BCUT2D eigenvalue weighted by atomic mass is 16.5. The van der Waals surface area contributed by atoms with E-state index in [1.165, 1.54) is 0 Å². The third-order valence-electron chi connectivity index (χ3n) is 3.22. The Kier molecular flexibility index (Phi) is 3.56. The number of aromatic nitrogens is 2. The normalized spacial score (nSPS) is 21.2. The smallest absolute Gasteiger partial charge is 0.229 e. The highest BCUT2D eigenvalue weighted by Gasteiger charge is 2.25. The molecule has 1 aliphatic rings. The second kappa shape index (κ2) is 4.93. The first-order chi connectivity index (χ1) is 7.70. The predicted octanol–water partition coefficient (Wildman–Crippen LogP) is 1.32. The van der Waals surface area contributed by atoms with E-state index in [0.717, 1.165) is 32.5 Å². The largest absolute Gasteiger partial charge is 0.385 e. The molecule has 90 valence electrons. The SMILES string of the molecule is CCN1CCC(c2nc(C(C)O)no2)CC1. The summed E-state index contributed by atoms with van der Waals surface area (Å²) in [4.78, 5) is 6.66. The van der Waals surface area contributed by atoms with Gasteiger partial charge >= 0.3 is 0 Å². The van der Waals surface area contributed by atoms with E-state index in [9.17, 15) is 5.11 Å². The maximum absolute atomic E-state index is 9.32. The van der Waals surface area contributed by atoms with Crippen LogP contribution in [0.5, 0.6) is 0 Å². The van der Waals surface area contributed by atoms with Crippen molar-refractivity contribution in [2.75, 3.05) is 19.6 Å². The van der Waals surface area contributed by atoms with Gasteiger partial charge in [-0.3, -0.25) is 0 Å². The van der Waals surface area contributed by atoms with Gasteiger partial charge in [-0.15, -0.1) is 0 Å². The number of piperidine rings is 1. The van der Waals surface area contributed by atoms with Crippen LogP contribution >= 0.6 is 0 Å². The molecule has 5 nitrogen and oxygen atoms in total. The highest BCUT2D eigenvalue weighted by molar-refractivity contribution is 4.97. The summed E-state index contributed by atoms with van der Waals surface area (Å²) in [5, 5.41) is 13.1. The molecule has 1 fully saturated rings. The zero-order valence-electron chi connectivity index (χ0n) is 9.89. The molecule has 5 heteroatoms. The van der Waals surface area contributed by atoms with Crippen LogP contribution in [-0.2, 0) is 0 Å². The van der Waals surface area contributed by atoms with Crippen LogP contribution in [0, 0.1) is 0 Å². The van der Waals surface area contributed by atoms with Crippen molar-refractivity contribution in [3.8, 4) is 0 Å². The summed E-state index contributed by atoms with van der Waals surface area (Å²) in [5.74, 6) is 1.45. The topological polar surface area (TPSA) is 62.4 Å². The molecule has 1 N–H and O–H groups in total. The Morgan fingerprint density at radius 3 is 2.69 bits per heavy atom. The Hall–Kier alpha value is -0.940. The highest BCUT2D eigenvalue weighted by Crippen LogP contribution is 2.27. The minimum atomic E-state index is -0.645. The number of rotatable bonds is 3. The fourth-order valence-corrected chi connectivity index (χ4v) is 2.08. The summed E-state index contributed by atoms with van der Waals surface area (Å²) < 4.78 is 5.19. The predicted molar refractivity (Wildman–Crippen MR) is 59.0 cm³/mol.